The molecule has 0 heterocycles. The van der Waals surface area contributed by atoms with Crippen LogP contribution in [0.25, 0.3) is 0 Å². The molecule has 0 aliphatic rings. The van der Waals surface area contributed by atoms with Crippen LogP contribution < -0.4 is 0 Å². The van der Waals surface area contributed by atoms with Crippen LogP contribution >= 0.6 is 11.6 Å². The first-order valence-electron chi connectivity index (χ1n) is 6.93. The van der Waals surface area contributed by atoms with E-state index in [1.807, 2.05) is 6.92 Å². The van der Waals surface area contributed by atoms with Gasteiger partial charge in [0.15, 0.2) is 9.84 Å². The first-order valence-corrected chi connectivity index (χ1v) is 8.96. The minimum absolute atomic E-state index is 0.0828. The van der Waals surface area contributed by atoms with Crippen LogP contribution in [0.15, 0.2) is 0 Å². The number of alkyl halides is 4. The highest BCUT2D eigenvalue weighted by Gasteiger charge is 2.51. The molecule has 23 heavy (non-hydrogen) atoms. The molecule has 2 atom stereocenters. The van der Waals surface area contributed by atoms with E-state index in [1.54, 1.807) is 0 Å². The lowest BCUT2D eigenvalue weighted by molar-refractivity contribution is -0.142. The van der Waals surface area contributed by atoms with Gasteiger partial charge in [0, 0.05) is 6.42 Å². The quantitative estimate of drug-likeness (QED) is 0.352. The summed E-state index contributed by atoms with van der Waals surface area (Å²) >= 11 is 5.93. The molecule has 0 fully saturated rings. The molecule has 0 aromatic carbocycles. The fraction of sp³-hybridized carbons (Fsp3) is 0.786. The van der Waals surface area contributed by atoms with Crippen LogP contribution in [0.1, 0.15) is 39.0 Å². The molecule has 0 amide bonds. The van der Waals surface area contributed by atoms with Gasteiger partial charge in [0.25, 0.3) is 0 Å². The highest BCUT2D eigenvalue weighted by molar-refractivity contribution is 7.95. The first kappa shape index (κ1) is 22.1. The van der Waals surface area contributed by atoms with Crippen molar-refractivity contribution in [3.8, 4) is 12.3 Å². The van der Waals surface area contributed by atoms with E-state index < -0.39 is 38.4 Å². The van der Waals surface area contributed by atoms with Crippen molar-refractivity contribution in [1.29, 1.82) is 0 Å². The number of halogens is 4. The van der Waals surface area contributed by atoms with Crippen molar-refractivity contribution in [3.63, 3.8) is 0 Å². The van der Waals surface area contributed by atoms with Gasteiger partial charge in [0.05, 0.1) is 19.3 Å². The van der Waals surface area contributed by atoms with Crippen molar-refractivity contribution < 1.29 is 31.1 Å². The predicted molar refractivity (Wildman–Crippen MR) is 81.5 cm³/mol. The lowest BCUT2D eigenvalue weighted by atomic mass is 9.96. The van der Waals surface area contributed by atoms with Gasteiger partial charge < -0.3 is 4.74 Å². The molecule has 0 aromatic heterocycles. The van der Waals surface area contributed by atoms with E-state index in [9.17, 15) is 26.4 Å². The molecule has 0 spiro atoms. The Kier molecular flexibility index (Phi) is 8.43. The maximum Gasteiger partial charge on any atom is 0.390 e. The Morgan fingerprint density at radius 1 is 1.35 bits per heavy atom. The van der Waals surface area contributed by atoms with E-state index >= 15 is 0 Å². The van der Waals surface area contributed by atoms with E-state index in [0.717, 1.165) is 7.11 Å². The highest BCUT2D eigenvalue weighted by Crippen LogP contribution is 2.35. The summed E-state index contributed by atoms with van der Waals surface area (Å²) in [4.78, 5) is 11.8. The average Bonchev–Trinajstić information content (AvgIpc) is 2.47. The number of methoxy groups -OCH3 is 1. The van der Waals surface area contributed by atoms with E-state index in [1.165, 1.54) is 0 Å². The van der Waals surface area contributed by atoms with Gasteiger partial charge in [-0.05, 0) is 18.8 Å². The van der Waals surface area contributed by atoms with Gasteiger partial charge in [-0.3, -0.25) is 0 Å². The number of sulfone groups is 1. The maximum atomic E-state index is 12.3. The molecule has 0 bridgehead atoms. The molecule has 9 heteroatoms. The Morgan fingerprint density at radius 3 is 2.30 bits per heavy atom. The van der Waals surface area contributed by atoms with Gasteiger partial charge in [0.1, 0.15) is 0 Å². The summed E-state index contributed by atoms with van der Waals surface area (Å²) in [6.07, 6.45) is -0.252. The van der Waals surface area contributed by atoms with Crippen LogP contribution in [0.2, 0.25) is 0 Å². The van der Waals surface area contributed by atoms with Crippen molar-refractivity contribution in [2.24, 2.45) is 5.92 Å². The van der Waals surface area contributed by atoms with Gasteiger partial charge in [-0.1, -0.05) is 24.9 Å². The third kappa shape index (κ3) is 6.60. The third-order valence-electron chi connectivity index (χ3n) is 3.50. The van der Waals surface area contributed by atoms with Crippen LogP contribution in [0, 0.1) is 18.3 Å². The fourth-order valence-electron chi connectivity index (χ4n) is 1.96. The smallest absolute Gasteiger partial charge is 0.390 e. The second kappa shape index (κ2) is 8.78. The molecule has 0 rings (SSSR count). The Morgan fingerprint density at radius 2 is 1.91 bits per heavy atom. The van der Waals surface area contributed by atoms with Crippen molar-refractivity contribution in [2.75, 3.05) is 12.9 Å². The summed E-state index contributed by atoms with van der Waals surface area (Å²) in [5, 5.41) is 0. The normalized spacial score (nSPS) is 16.2. The summed E-state index contributed by atoms with van der Waals surface area (Å²) in [6, 6.07) is 0. The number of ether oxygens (including phenoxy) is 1. The Hall–Kier alpha value is -0.940. The van der Waals surface area contributed by atoms with Gasteiger partial charge in [-0.25, -0.2) is 13.2 Å². The topological polar surface area (TPSA) is 60.4 Å². The number of esters is 1. The van der Waals surface area contributed by atoms with E-state index in [0.29, 0.717) is 12.8 Å². The lowest BCUT2D eigenvalue weighted by Crippen LogP contribution is -2.44. The fourth-order valence-corrected chi connectivity index (χ4v) is 3.96. The molecule has 0 aromatic rings. The molecule has 0 aliphatic heterocycles. The van der Waals surface area contributed by atoms with E-state index in [4.69, 9.17) is 18.0 Å². The largest absolute Gasteiger partial charge is 0.467 e. The Labute approximate surface area is 139 Å². The summed E-state index contributed by atoms with van der Waals surface area (Å²) in [5.74, 6) is -0.216. The summed E-state index contributed by atoms with van der Waals surface area (Å²) < 4.78 is 63.1. The van der Waals surface area contributed by atoms with Gasteiger partial charge in [-0.15, -0.1) is 12.3 Å². The number of hydrogen-bond donors (Lipinski definition) is 0. The monoisotopic (exact) mass is 376 g/mol. The molecule has 2 unspecified atom stereocenters. The van der Waals surface area contributed by atoms with Crippen LogP contribution in [0.5, 0.6) is 0 Å². The summed E-state index contributed by atoms with van der Waals surface area (Å²) in [6.45, 7) is 1.83. The molecular formula is C14H20ClF3O4S. The van der Waals surface area contributed by atoms with Gasteiger partial charge in [-0.2, -0.15) is 13.2 Å². The van der Waals surface area contributed by atoms with Crippen LogP contribution in [-0.2, 0) is 19.4 Å². The Balaban J connectivity index is 5.32. The third-order valence-corrected chi connectivity index (χ3v) is 6.64. The van der Waals surface area contributed by atoms with Crippen molar-refractivity contribution in [3.05, 3.63) is 0 Å². The molecule has 4 nitrogen and oxygen atoms in total. The van der Waals surface area contributed by atoms with Crippen LogP contribution in [0.3, 0.4) is 0 Å². The van der Waals surface area contributed by atoms with Gasteiger partial charge in [0.2, 0.25) is 4.21 Å². The second-order valence-electron chi connectivity index (χ2n) is 5.13. The summed E-state index contributed by atoms with van der Waals surface area (Å²) in [5.41, 5.74) is 0. The van der Waals surface area contributed by atoms with E-state index in [2.05, 4.69) is 10.7 Å². The zero-order chi connectivity index (χ0) is 18.3. The van der Waals surface area contributed by atoms with Crippen LogP contribution in [-0.4, -0.2) is 37.6 Å². The molecule has 0 radical (unpaired) electrons. The highest BCUT2D eigenvalue weighted by atomic mass is 35.5. The van der Waals surface area contributed by atoms with Crippen LogP contribution in [0.4, 0.5) is 13.2 Å². The average molecular weight is 377 g/mol. The van der Waals surface area contributed by atoms with Crippen molar-refractivity contribution >= 4 is 27.4 Å². The molecule has 0 saturated carbocycles. The van der Waals surface area contributed by atoms with Crippen molar-refractivity contribution in [2.45, 2.75) is 49.4 Å². The number of hydrogen-bond acceptors (Lipinski definition) is 4. The van der Waals surface area contributed by atoms with Gasteiger partial charge >= 0.3 is 12.1 Å². The second-order valence-corrected chi connectivity index (χ2v) is 8.33. The first-order chi connectivity index (χ1) is 10.4. The molecular weight excluding hydrogens is 357 g/mol. The number of carbonyl (C=O) groups is 1. The van der Waals surface area contributed by atoms with Crippen molar-refractivity contribution in [1.82, 2.24) is 0 Å². The minimum atomic E-state index is -4.67. The van der Waals surface area contributed by atoms with E-state index in [-0.39, 0.29) is 18.8 Å². The predicted octanol–water partition coefficient (Wildman–Crippen LogP) is 3.29. The number of carbonyl (C=O) groups excluding carboxylic acids is 1. The SMILES string of the molecule is C#CCC(CC)CCC(Cl)(C(=O)OC)S(=O)(=O)CCC(F)(F)F. The molecule has 0 N–H and O–H groups in total. The maximum absolute atomic E-state index is 12.3. The standard InChI is InChI=1S/C14H20ClF3O4S/c1-4-6-11(5-2)7-8-13(15,12(19)22-3)23(20,21)10-9-14(16,17)18/h1,11H,5-10H2,2-3H3. The molecule has 0 saturated heterocycles. The lowest BCUT2D eigenvalue weighted by Gasteiger charge is -2.26. The minimum Gasteiger partial charge on any atom is -0.467 e. The number of terminal acetylenes is 1. The molecule has 134 valence electrons. The molecule has 0 aliphatic carbocycles. The number of rotatable bonds is 9. The zero-order valence-corrected chi connectivity index (χ0v) is 14.5. The zero-order valence-electron chi connectivity index (χ0n) is 13.0. The summed E-state index contributed by atoms with van der Waals surface area (Å²) in [7, 11) is -3.64. The Bertz CT molecular complexity index is 539.